The molecule has 2 aromatic heterocycles. The van der Waals surface area contributed by atoms with E-state index in [0.717, 1.165) is 52.2 Å². The van der Waals surface area contributed by atoms with Gasteiger partial charge in [-0.15, -0.1) is 0 Å². The van der Waals surface area contributed by atoms with Crippen LogP contribution in [0.15, 0.2) is 36.5 Å². The number of hydrogen-bond acceptors (Lipinski definition) is 3. The second-order valence-corrected chi connectivity index (χ2v) is 10.9. The zero-order valence-corrected chi connectivity index (χ0v) is 19.1. The van der Waals surface area contributed by atoms with Gasteiger partial charge >= 0.3 is 0 Å². The molecule has 166 valence electrons. The normalized spacial score (nSPS) is 28.4. The highest BCUT2D eigenvalue weighted by molar-refractivity contribution is 5.95. The molecule has 5 nitrogen and oxygen atoms in total. The number of aryl methyl sites for hydroxylation is 2. The van der Waals surface area contributed by atoms with E-state index in [4.69, 9.17) is 5.10 Å². The van der Waals surface area contributed by atoms with Crippen LogP contribution in [0.3, 0.4) is 0 Å². The zero-order chi connectivity index (χ0) is 21.9. The molecule has 4 aliphatic rings. The molecule has 4 saturated carbocycles. The van der Waals surface area contributed by atoms with Crippen LogP contribution in [0.25, 0.3) is 22.2 Å². The third-order valence-electron chi connectivity index (χ3n) is 8.29. The topological polar surface area (TPSA) is 59.8 Å². The molecule has 1 amide bonds. The van der Waals surface area contributed by atoms with Gasteiger partial charge in [0, 0.05) is 18.1 Å². The van der Waals surface area contributed by atoms with Crippen LogP contribution >= 0.6 is 0 Å². The summed E-state index contributed by atoms with van der Waals surface area (Å²) < 4.78 is 1.78. The summed E-state index contributed by atoms with van der Waals surface area (Å²) >= 11 is 0. The number of nitrogens with one attached hydrogen (secondary N) is 1. The SMILES string of the molecule is Cc1ccc(-c2ccnc3c2c(C)nn3CC(=O)NCC23CC4CC(CC(C4)C2)C3)cc1. The Morgan fingerprint density at radius 2 is 1.69 bits per heavy atom. The van der Waals surface area contributed by atoms with Gasteiger partial charge in [0.1, 0.15) is 6.54 Å². The van der Waals surface area contributed by atoms with E-state index in [1.807, 2.05) is 19.2 Å². The Kier molecular flexibility index (Phi) is 4.63. The van der Waals surface area contributed by atoms with Crippen molar-refractivity contribution < 1.29 is 4.79 Å². The van der Waals surface area contributed by atoms with Gasteiger partial charge in [0.2, 0.25) is 5.91 Å². The summed E-state index contributed by atoms with van der Waals surface area (Å²) in [5, 5.41) is 9.02. The first-order chi connectivity index (χ1) is 15.5. The predicted octanol–water partition coefficient (Wildman–Crippen LogP) is 5.05. The van der Waals surface area contributed by atoms with Crippen molar-refractivity contribution in [1.82, 2.24) is 20.1 Å². The Labute approximate surface area is 189 Å². The van der Waals surface area contributed by atoms with E-state index in [9.17, 15) is 4.79 Å². The average Bonchev–Trinajstić information content (AvgIpc) is 3.07. The summed E-state index contributed by atoms with van der Waals surface area (Å²) in [6.45, 7) is 5.15. The van der Waals surface area contributed by atoms with Gasteiger partial charge in [-0.25, -0.2) is 9.67 Å². The van der Waals surface area contributed by atoms with Gasteiger partial charge in [0.05, 0.1) is 5.69 Å². The van der Waals surface area contributed by atoms with Gasteiger partial charge < -0.3 is 5.32 Å². The third kappa shape index (κ3) is 3.42. The van der Waals surface area contributed by atoms with Gasteiger partial charge in [-0.05, 0) is 92.7 Å². The molecule has 2 heterocycles. The molecule has 4 bridgehead atoms. The number of aromatic nitrogens is 3. The van der Waals surface area contributed by atoms with Crippen molar-refractivity contribution in [3.05, 3.63) is 47.8 Å². The standard InChI is InChI=1S/C27H32N4O/c1-17-3-5-22(6-4-17)23-7-8-28-26-25(23)18(2)30-31(26)15-24(32)29-16-27-12-19-9-20(13-27)11-21(10-19)14-27/h3-8,19-21H,9-16H2,1-2H3,(H,29,32). The van der Waals surface area contributed by atoms with Crippen molar-refractivity contribution in [3.8, 4) is 11.1 Å². The largest absolute Gasteiger partial charge is 0.354 e. The first-order valence-corrected chi connectivity index (χ1v) is 12.1. The molecule has 0 aliphatic heterocycles. The monoisotopic (exact) mass is 428 g/mol. The molecule has 0 spiro atoms. The molecule has 3 aromatic rings. The number of nitrogens with zero attached hydrogens (tertiary/aromatic N) is 3. The van der Waals surface area contributed by atoms with Crippen molar-refractivity contribution in [3.63, 3.8) is 0 Å². The van der Waals surface area contributed by atoms with Crippen LogP contribution in [0.1, 0.15) is 49.8 Å². The Balaban J connectivity index is 1.20. The third-order valence-corrected chi connectivity index (χ3v) is 8.29. The van der Waals surface area contributed by atoms with E-state index < -0.39 is 0 Å². The lowest BCUT2D eigenvalue weighted by atomic mass is 9.49. The van der Waals surface area contributed by atoms with Crippen LogP contribution < -0.4 is 5.32 Å². The summed E-state index contributed by atoms with van der Waals surface area (Å²) in [6.07, 6.45) is 10.0. The number of hydrogen-bond donors (Lipinski definition) is 1. The maximum Gasteiger partial charge on any atom is 0.241 e. The number of rotatable bonds is 5. The van der Waals surface area contributed by atoms with Gasteiger partial charge in [-0.3, -0.25) is 4.79 Å². The predicted molar refractivity (Wildman–Crippen MR) is 126 cm³/mol. The lowest BCUT2D eigenvalue weighted by molar-refractivity contribution is -0.124. The minimum atomic E-state index is 0.0488. The smallest absolute Gasteiger partial charge is 0.241 e. The van der Waals surface area contributed by atoms with E-state index in [0.29, 0.717) is 5.41 Å². The molecule has 1 N–H and O–H groups in total. The quantitative estimate of drug-likeness (QED) is 0.619. The summed E-state index contributed by atoms with van der Waals surface area (Å²) in [7, 11) is 0. The van der Waals surface area contributed by atoms with Gasteiger partial charge in [-0.2, -0.15) is 5.10 Å². The molecule has 5 heteroatoms. The Bertz CT molecular complexity index is 1140. The first kappa shape index (κ1) is 20.0. The molecular formula is C27H32N4O. The summed E-state index contributed by atoms with van der Waals surface area (Å²) in [5.74, 6) is 2.76. The lowest BCUT2D eigenvalue weighted by Gasteiger charge is -2.56. The van der Waals surface area contributed by atoms with Gasteiger partial charge in [0.25, 0.3) is 0 Å². The molecule has 0 radical (unpaired) electrons. The fraction of sp³-hybridized carbons (Fsp3) is 0.519. The molecule has 0 unspecified atom stereocenters. The Morgan fingerprint density at radius 1 is 1.03 bits per heavy atom. The van der Waals surface area contributed by atoms with E-state index >= 15 is 0 Å². The van der Waals surface area contributed by atoms with Crippen LogP contribution in [0.4, 0.5) is 0 Å². The number of carbonyl (C=O) groups is 1. The molecule has 1 aromatic carbocycles. The van der Waals surface area contributed by atoms with E-state index in [1.54, 1.807) is 4.68 Å². The van der Waals surface area contributed by atoms with Crippen LogP contribution in [0, 0.1) is 37.0 Å². The number of amides is 1. The highest BCUT2D eigenvalue weighted by atomic mass is 16.2. The van der Waals surface area contributed by atoms with E-state index in [2.05, 4.69) is 41.5 Å². The molecule has 4 aliphatic carbocycles. The highest BCUT2D eigenvalue weighted by Gasteiger charge is 2.50. The molecule has 7 rings (SSSR count). The lowest BCUT2D eigenvalue weighted by Crippen LogP contribution is -2.51. The molecule has 0 saturated heterocycles. The summed E-state index contributed by atoms with van der Waals surface area (Å²) in [5.41, 5.74) is 5.55. The van der Waals surface area contributed by atoms with Crippen LogP contribution in [0.5, 0.6) is 0 Å². The van der Waals surface area contributed by atoms with Crippen LogP contribution in [-0.2, 0) is 11.3 Å². The van der Waals surface area contributed by atoms with Crippen molar-refractivity contribution in [2.24, 2.45) is 23.2 Å². The molecule has 0 atom stereocenters. The fourth-order valence-electron chi connectivity index (χ4n) is 7.35. The van der Waals surface area contributed by atoms with Gasteiger partial charge in [0.15, 0.2) is 5.65 Å². The Morgan fingerprint density at radius 3 is 2.34 bits per heavy atom. The average molecular weight is 429 g/mol. The van der Waals surface area contributed by atoms with Crippen LogP contribution in [0.2, 0.25) is 0 Å². The van der Waals surface area contributed by atoms with Crippen molar-refractivity contribution >= 4 is 16.9 Å². The minimum Gasteiger partial charge on any atom is -0.354 e. The van der Waals surface area contributed by atoms with Crippen LogP contribution in [-0.4, -0.2) is 27.2 Å². The molecule has 4 fully saturated rings. The number of benzene rings is 1. The number of fused-ring (bicyclic) bond motifs is 1. The first-order valence-electron chi connectivity index (χ1n) is 12.1. The second-order valence-electron chi connectivity index (χ2n) is 10.9. The minimum absolute atomic E-state index is 0.0488. The Hall–Kier alpha value is -2.69. The highest BCUT2D eigenvalue weighted by Crippen LogP contribution is 2.59. The van der Waals surface area contributed by atoms with E-state index in [-0.39, 0.29) is 12.5 Å². The maximum absolute atomic E-state index is 13.0. The van der Waals surface area contributed by atoms with Crippen molar-refractivity contribution in [1.29, 1.82) is 0 Å². The van der Waals surface area contributed by atoms with Crippen molar-refractivity contribution in [2.45, 2.75) is 58.9 Å². The maximum atomic E-state index is 13.0. The molecular weight excluding hydrogens is 396 g/mol. The number of carbonyl (C=O) groups excluding carboxylic acids is 1. The second kappa shape index (κ2) is 7.43. The summed E-state index contributed by atoms with van der Waals surface area (Å²) in [6, 6.07) is 10.6. The summed E-state index contributed by atoms with van der Waals surface area (Å²) in [4.78, 5) is 17.5. The van der Waals surface area contributed by atoms with E-state index in [1.165, 1.54) is 44.1 Å². The van der Waals surface area contributed by atoms with Gasteiger partial charge in [-0.1, -0.05) is 29.8 Å². The fourth-order valence-corrected chi connectivity index (χ4v) is 7.35. The molecule has 32 heavy (non-hydrogen) atoms. The van der Waals surface area contributed by atoms with Crippen molar-refractivity contribution in [2.75, 3.05) is 6.54 Å². The zero-order valence-electron chi connectivity index (χ0n) is 19.1. The number of pyridine rings is 1.